The van der Waals surface area contributed by atoms with Crippen LogP contribution in [0.25, 0.3) is 0 Å². The smallest absolute Gasteiger partial charge is 0.433 e. The van der Waals surface area contributed by atoms with E-state index in [0.717, 1.165) is 21.7 Å². The van der Waals surface area contributed by atoms with Crippen molar-refractivity contribution in [2.75, 3.05) is 10.7 Å². The summed E-state index contributed by atoms with van der Waals surface area (Å²) < 4.78 is 10.6. The molecule has 3 aromatic rings. The predicted octanol–water partition coefficient (Wildman–Crippen LogP) is 4.56. The molecule has 0 saturated heterocycles. The van der Waals surface area contributed by atoms with E-state index in [0.29, 0.717) is 11.4 Å². The summed E-state index contributed by atoms with van der Waals surface area (Å²) in [4.78, 5) is 25.0. The van der Waals surface area contributed by atoms with Crippen LogP contribution in [0, 0.1) is 6.92 Å². The van der Waals surface area contributed by atoms with Gasteiger partial charge in [0.15, 0.2) is 0 Å². The van der Waals surface area contributed by atoms with Gasteiger partial charge in [0.05, 0.1) is 5.69 Å². The first-order chi connectivity index (χ1) is 14.5. The van der Waals surface area contributed by atoms with E-state index in [1.807, 2.05) is 60.7 Å². The summed E-state index contributed by atoms with van der Waals surface area (Å²) in [5.41, 5.74) is 11.7. The third kappa shape index (κ3) is 5.75. The molecule has 0 atom stereocenters. The van der Waals surface area contributed by atoms with E-state index in [-0.39, 0.29) is 13.2 Å². The normalized spacial score (nSPS) is 10.2. The van der Waals surface area contributed by atoms with E-state index in [1.54, 1.807) is 25.1 Å². The van der Waals surface area contributed by atoms with Crippen LogP contribution in [0.5, 0.6) is 0 Å². The number of nitrogen functional groups attached to an aromatic ring is 1. The molecule has 0 saturated carbocycles. The Morgan fingerprint density at radius 3 is 2.00 bits per heavy atom. The summed E-state index contributed by atoms with van der Waals surface area (Å²) in [6.45, 7) is 1.94. The highest BCUT2D eigenvalue weighted by Gasteiger charge is 2.21. The van der Waals surface area contributed by atoms with Crippen molar-refractivity contribution in [3.63, 3.8) is 0 Å². The zero-order valence-electron chi connectivity index (χ0n) is 16.6. The average Bonchev–Trinajstić information content (AvgIpc) is 2.78. The van der Waals surface area contributed by atoms with Crippen molar-refractivity contribution in [3.05, 3.63) is 95.6 Å². The lowest BCUT2D eigenvalue weighted by molar-refractivity contribution is 0.126. The first-order valence-electron chi connectivity index (χ1n) is 9.37. The molecule has 0 heterocycles. The number of carbonyl (C=O) groups excluding carboxylic acids is 2. The first kappa shape index (κ1) is 20.7. The molecule has 3 aromatic carbocycles. The maximum atomic E-state index is 12.7. The quantitative estimate of drug-likeness (QED) is 0.479. The summed E-state index contributed by atoms with van der Waals surface area (Å²) in [5, 5.41) is 1.00. The number of benzene rings is 3. The molecule has 0 unspecified atom stereocenters. The van der Waals surface area contributed by atoms with Crippen molar-refractivity contribution >= 4 is 23.6 Å². The number of nitrogens with one attached hydrogen (secondary N) is 1. The number of nitrogens with zero attached hydrogens (tertiary/aromatic N) is 1. The van der Waals surface area contributed by atoms with Gasteiger partial charge < -0.3 is 15.2 Å². The SMILES string of the molecule is Cc1cc(N(NC(=O)OCc2ccccc2)C(=O)OCc2ccccc2)ccc1N. The number of aryl methyl sites for hydroxylation is 1. The fourth-order valence-electron chi connectivity index (χ4n) is 2.65. The molecule has 30 heavy (non-hydrogen) atoms. The van der Waals surface area contributed by atoms with E-state index < -0.39 is 12.2 Å². The lowest BCUT2D eigenvalue weighted by Crippen LogP contribution is -2.47. The molecular formula is C23H23N3O4. The number of nitrogens with two attached hydrogens (primary N) is 1. The summed E-state index contributed by atoms with van der Waals surface area (Å²) in [7, 11) is 0. The molecule has 3 N–H and O–H groups in total. The molecule has 0 aromatic heterocycles. The van der Waals surface area contributed by atoms with Gasteiger partial charge >= 0.3 is 12.2 Å². The molecule has 3 rings (SSSR count). The summed E-state index contributed by atoms with van der Waals surface area (Å²) in [6, 6.07) is 23.4. The Kier molecular flexibility index (Phi) is 6.89. The van der Waals surface area contributed by atoms with Crippen LogP contribution in [-0.2, 0) is 22.7 Å². The van der Waals surface area contributed by atoms with E-state index in [4.69, 9.17) is 15.2 Å². The molecule has 0 radical (unpaired) electrons. The van der Waals surface area contributed by atoms with Gasteiger partial charge in [0, 0.05) is 5.69 Å². The molecule has 154 valence electrons. The largest absolute Gasteiger partial charge is 0.443 e. The summed E-state index contributed by atoms with van der Waals surface area (Å²) in [6.07, 6.45) is -1.54. The number of rotatable bonds is 5. The molecule has 0 aliphatic carbocycles. The first-order valence-corrected chi connectivity index (χ1v) is 9.37. The van der Waals surface area contributed by atoms with Crippen LogP contribution >= 0.6 is 0 Å². The number of anilines is 2. The van der Waals surface area contributed by atoms with Gasteiger partial charge in [-0.1, -0.05) is 60.7 Å². The number of hydrazine groups is 1. The molecule has 0 fully saturated rings. The minimum Gasteiger partial charge on any atom is -0.443 e. The van der Waals surface area contributed by atoms with Crippen molar-refractivity contribution in [2.45, 2.75) is 20.1 Å². The number of hydrogen-bond donors (Lipinski definition) is 2. The minimum atomic E-state index is -0.787. The van der Waals surface area contributed by atoms with Gasteiger partial charge in [-0.3, -0.25) is 0 Å². The Morgan fingerprint density at radius 1 is 0.867 bits per heavy atom. The molecule has 7 nitrogen and oxygen atoms in total. The van der Waals surface area contributed by atoms with Crippen LogP contribution in [0.4, 0.5) is 21.0 Å². The Bertz CT molecular complexity index is 994. The Balaban J connectivity index is 1.70. The highest BCUT2D eigenvalue weighted by Crippen LogP contribution is 2.20. The Morgan fingerprint density at radius 2 is 1.43 bits per heavy atom. The van der Waals surface area contributed by atoms with Crippen molar-refractivity contribution in [2.24, 2.45) is 0 Å². The second-order valence-corrected chi connectivity index (χ2v) is 6.59. The Labute approximate surface area is 175 Å². The van der Waals surface area contributed by atoms with Crippen LogP contribution in [0.1, 0.15) is 16.7 Å². The van der Waals surface area contributed by atoms with Gasteiger partial charge in [-0.2, -0.15) is 5.01 Å². The molecule has 7 heteroatoms. The topological polar surface area (TPSA) is 93.9 Å². The highest BCUT2D eigenvalue weighted by molar-refractivity contribution is 5.90. The van der Waals surface area contributed by atoms with Gasteiger partial charge in [0.2, 0.25) is 0 Å². The molecule has 2 amide bonds. The molecule has 0 bridgehead atoms. The van der Waals surface area contributed by atoms with Crippen LogP contribution < -0.4 is 16.2 Å². The van der Waals surface area contributed by atoms with Gasteiger partial charge in [0.1, 0.15) is 13.2 Å². The Hall–Kier alpha value is -4.00. The van der Waals surface area contributed by atoms with Crippen LogP contribution in [0.15, 0.2) is 78.9 Å². The maximum Gasteiger partial charge on any atom is 0.433 e. The lowest BCUT2D eigenvalue weighted by atomic mass is 10.2. The van der Waals surface area contributed by atoms with Gasteiger partial charge in [-0.05, 0) is 41.8 Å². The predicted molar refractivity (Wildman–Crippen MR) is 114 cm³/mol. The maximum absolute atomic E-state index is 12.7. The van der Waals surface area contributed by atoms with E-state index in [9.17, 15) is 9.59 Å². The number of amides is 2. The zero-order chi connectivity index (χ0) is 21.3. The monoisotopic (exact) mass is 405 g/mol. The molecular weight excluding hydrogens is 382 g/mol. The summed E-state index contributed by atoms with van der Waals surface area (Å²) in [5.74, 6) is 0. The van der Waals surface area contributed by atoms with E-state index in [2.05, 4.69) is 5.43 Å². The van der Waals surface area contributed by atoms with Gasteiger partial charge in [-0.15, -0.1) is 0 Å². The standard InChI is InChI=1S/C23H23N3O4/c1-17-14-20(12-13-21(17)24)26(23(28)30-16-19-10-6-3-7-11-19)25-22(27)29-15-18-8-4-2-5-9-18/h2-14H,15-16,24H2,1H3,(H,25,27). The fraction of sp³-hybridized carbons (Fsp3) is 0.130. The van der Waals surface area contributed by atoms with Gasteiger partial charge in [-0.25, -0.2) is 15.0 Å². The fourth-order valence-corrected chi connectivity index (χ4v) is 2.65. The minimum absolute atomic E-state index is 0.0604. The van der Waals surface area contributed by atoms with Crippen molar-refractivity contribution in [1.82, 2.24) is 5.43 Å². The number of hydrogen-bond acceptors (Lipinski definition) is 5. The third-order valence-corrected chi connectivity index (χ3v) is 4.32. The number of carbonyl (C=O) groups is 2. The second kappa shape index (κ2) is 9.97. The van der Waals surface area contributed by atoms with Crippen molar-refractivity contribution < 1.29 is 19.1 Å². The van der Waals surface area contributed by atoms with Crippen LogP contribution in [0.2, 0.25) is 0 Å². The van der Waals surface area contributed by atoms with Crippen molar-refractivity contribution in [1.29, 1.82) is 0 Å². The molecule has 0 spiro atoms. The van der Waals surface area contributed by atoms with E-state index in [1.165, 1.54) is 0 Å². The average molecular weight is 405 g/mol. The molecule has 0 aliphatic rings. The molecule has 0 aliphatic heterocycles. The van der Waals surface area contributed by atoms with Crippen LogP contribution in [-0.4, -0.2) is 12.2 Å². The zero-order valence-corrected chi connectivity index (χ0v) is 16.6. The lowest BCUT2D eigenvalue weighted by Gasteiger charge is -2.23. The van der Waals surface area contributed by atoms with Crippen LogP contribution in [0.3, 0.4) is 0 Å². The third-order valence-electron chi connectivity index (χ3n) is 4.32. The highest BCUT2D eigenvalue weighted by atomic mass is 16.6. The number of ether oxygens (including phenoxy) is 2. The summed E-state index contributed by atoms with van der Waals surface area (Å²) >= 11 is 0. The van der Waals surface area contributed by atoms with E-state index >= 15 is 0 Å². The second-order valence-electron chi connectivity index (χ2n) is 6.59. The van der Waals surface area contributed by atoms with Gasteiger partial charge in [0.25, 0.3) is 0 Å². The van der Waals surface area contributed by atoms with Crippen molar-refractivity contribution in [3.8, 4) is 0 Å².